The number of rotatable bonds is 6. The van der Waals surface area contributed by atoms with Gasteiger partial charge in [0.1, 0.15) is 5.69 Å². The molecule has 0 unspecified atom stereocenters. The molecule has 1 aliphatic heterocycles. The van der Waals surface area contributed by atoms with Gasteiger partial charge in [0.25, 0.3) is 0 Å². The third-order valence-corrected chi connectivity index (χ3v) is 8.34. The SMILES string of the molecule is Cc1noc(/C=C/c2cccs2)c1S(=O)(=O)N1CCC[C@H](C(=O)Nc2nccs2)C1. The predicted octanol–water partition coefficient (Wildman–Crippen LogP) is 3.71. The van der Waals surface area contributed by atoms with E-state index in [4.69, 9.17) is 4.52 Å². The van der Waals surface area contributed by atoms with Crippen LogP contribution in [0.2, 0.25) is 0 Å². The Bertz CT molecular complexity index is 1130. The van der Waals surface area contributed by atoms with Crippen LogP contribution in [0.15, 0.2) is 38.5 Å². The maximum absolute atomic E-state index is 13.4. The molecular weight excluding hydrogens is 444 g/mol. The summed E-state index contributed by atoms with van der Waals surface area (Å²) in [5, 5.41) is 10.8. The summed E-state index contributed by atoms with van der Waals surface area (Å²) >= 11 is 2.86. The van der Waals surface area contributed by atoms with Gasteiger partial charge in [-0.15, -0.1) is 22.7 Å². The third kappa shape index (κ3) is 4.38. The van der Waals surface area contributed by atoms with Gasteiger partial charge in [0, 0.05) is 29.5 Å². The van der Waals surface area contributed by atoms with Gasteiger partial charge in [0.05, 0.1) is 5.92 Å². The second-order valence-electron chi connectivity index (χ2n) is 6.84. The highest BCUT2D eigenvalue weighted by Gasteiger charge is 2.37. The fourth-order valence-corrected chi connectivity index (χ4v) is 6.26. The van der Waals surface area contributed by atoms with E-state index in [-0.39, 0.29) is 23.1 Å². The van der Waals surface area contributed by atoms with Gasteiger partial charge in [-0.3, -0.25) is 4.79 Å². The molecule has 4 rings (SSSR count). The number of aryl methyl sites for hydroxylation is 1. The van der Waals surface area contributed by atoms with Gasteiger partial charge in [0.15, 0.2) is 15.8 Å². The van der Waals surface area contributed by atoms with Crippen LogP contribution < -0.4 is 5.32 Å². The average Bonchev–Trinajstić information content (AvgIpc) is 3.49. The molecule has 0 aliphatic carbocycles. The summed E-state index contributed by atoms with van der Waals surface area (Å²) in [6.45, 7) is 2.07. The van der Waals surface area contributed by atoms with Crippen LogP contribution >= 0.6 is 22.7 Å². The molecule has 0 spiro atoms. The number of nitrogens with one attached hydrogen (secondary N) is 1. The van der Waals surface area contributed by atoms with Crippen LogP contribution in [0.1, 0.15) is 29.2 Å². The lowest BCUT2D eigenvalue weighted by atomic mass is 9.99. The van der Waals surface area contributed by atoms with Crippen molar-refractivity contribution in [3.8, 4) is 0 Å². The monoisotopic (exact) mass is 464 g/mol. The summed E-state index contributed by atoms with van der Waals surface area (Å²) in [5.74, 6) is -0.470. The first-order valence-corrected chi connectivity index (χ1v) is 12.5. The number of nitrogens with zero attached hydrogens (tertiary/aromatic N) is 3. The quantitative estimate of drug-likeness (QED) is 0.596. The number of piperidine rings is 1. The molecule has 11 heteroatoms. The standard InChI is InChI=1S/C19H20N4O4S3/c1-13-17(16(27-22-13)7-6-15-5-3-10-28-15)30(25,26)23-9-2-4-14(12-23)18(24)21-19-20-8-11-29-19/h3,5-8,10-11,14H,2,4,9,12H2,1H3,(H,20,21,24)/b7-6+/t14-/m0/s1. The van der Waals surface area contributed by atoms with Gasteiger partial charge in [-0.1, -0.05) is 11.2 Å². The second-order valence-corrected chi connectivity index (χ2v) is 10.6. The van der Waals surface area contributed by atoms with Crippen LogP contribution in [0.3, 0.4) is 0 Å². The Morgan fingerprint density at radius 1 is 1.33 bits per heavy atom. The van der Waals surface area contributed by atoms with Gasteiger partial charge in [-0.2, -0.15) is 4.31 Å². The van der Waals surface area contributed by atoms with Crippen molar-refractivity contribution in [1.82, 2.24) is 14.4 Å². The zero-order valence-corrected chi connectivity index (χ0v) is 18.6. The highest BCUT2D eigenvalue weighted by Crippen LogP contribution is 2.30. The predicted molar refractivity (Wildman–Crippen MR) is 117 cm³/mol. The van der Waals surface area contributed by atoms with Crippen LogP contribution in [-0.4, -0.2) is 41.9 Å². The summed E-state index contributed by atoms with van der Waals surface area (Å²) in [6.07, 6.45) is 6.24. The first-order valence-electron chi connectivity index (χ1n) is 9.33. The normalized spacial score (nSPS) is 18.1. The third-order valence-electron chi connectivity index (χ3n) is 4.79. The maximum atomic E-state index is 13.4. The molecule has 1 fully saturated rings. The van der Waals surface area contributed by atoms with E-state index in [0.717, 1.165) is 4.88 Å². The van der Waals surface area contributed by atoms with E-state index in [9.17, 15) is 13.2 Å². The van der Waals surface area contributed by atoms with Crippen LogP contribution in [0.4, 0.5) is 5.13 Å². The molecule has 1 saturated heterocycles. The van der Waals surface area contributed by atoms with Crippen molar-refractivity contribution in [2.75, 3.05) is 18.4 Å². The molecular formula is C19H20N4O4S3. The molecule has 30 heavy (non-hydrogen) atoms. The van der Waals surface area contributed by atoms with Gasteiger partial charge in [0.2, 0.25) is 15.9 Å². The molecule has 1 aliphatic rings. The number of aromatic nitrogens is 2. The molecule has 0 saturated carbocycles. The molecule has 8 nitrogen and oxygen atoms in total. The lowest BCUT2D eigenvalue weighted by molar-refractivity contribution is -0.120. The number of sulfonamides is 1. The number of carbonyl (C=O) groups is 1. The number of amides is 1. The topological polar surface area (TPSA) is 105 Å². The number of carbonyl (C=O) groups excluding carboxylic acids is 1. The van der Waals surface area contributed by atoms with E-state index in [2.05, 4.69) is 15.5 Å². The fourth-order valence-electron chi connectivity index (χ4n) is 3.34. The minimum absolute atomic E-state index is 0.0521. The Labute approximate surface area is 182 Å². The molecule has 0 bridgehead atoms. The largest absolute Gasteiger partial charge is 0.355 e. The fraction of sp³-hybridized carbons (Fsp3) is 0.316. The van der Waals surface area contributed by atoms with Crippen molar-refractivity contribution in [2.45, 2.75) is 24.7 Å². The summed E-state index contributed by atoms with van der Waals surface area (Å²) in [4.78, 5) is 17.7. The summed E-state index contributed by atoms with van der Waals surface area (Å²) in [6, 6.07) is 3.84. The van der Waals surface area contributed by atoms with Gasteiger partial charge >= 0.3 is 0 Å². The van der Waals surface area contributed by atoms with E-state index >= 15 is 0 Å². The first-order chi connectivity index (χ1) is 14.4. The molecule has 0 aromatic carbocycles. The molecule has 3 aromatic rings. The summed E-state index contributed by atoms with van der Waals surface area (Å²) in [5.41, 5.74) is 0.301. The number of anilines is 1. The molecule has 1 amide bonds. The Hall–Kier alpha value is -2.34. The summed E-state index contributed by atoms with van der Waals surface area (Å²) in [7, 11) is -3.86. The molecule has 1 N–H and O–H groups in total. The highest BCUT2D eigenvalue weighted by atomic mass is 32.2. The van der Waals surface area contributed by atoms with Crippen LogP contribution in [-0.2, 0) is 14.8 Å². The first kappa shape index (κ1) is 20.9. The molecule has 4 heterocycles. The lowest BCUT2D eigenvalue weighted by Crippen LogP contribution is -2.43. The van der Waals surface area contributed by atoms with Crippen molar-refractivity contribution < 1.29 is 17.7 Å². The minimum atomic E-state index is -3.86. The van der Waals surface area contributed by atoms with Gasteiger partial charge in [-0.05, 0) is 43.4 Å². The zero-order valence-electron chi connectivity index (χ0n) is 16.1. The van der Waals surface area contributed by atoms with E-state index < -0.39 is 15.9 Å². The van der Waals surface area contributed by atoms with E-state index in [1.54, 1.807) is 30.7 Å². The van der Waals surface area contributed by atoms with E-state index in [1.807, 2.05) is 17.5 Å². The Balaban J connectivity index is 1.54. The van der Waals surface area contributed by atoms with E-state index in [0.29, 0.717) is 30.2 Å². The number of hydrogen-bond donors (Lipinski definition) is 1. The maximum Gasteiger partial charge on any atom is 0.248 e. The molecule has 0 radical (unpaired) electrons. The van der Waals surface area contributed by atoms with Crippen molar-refractivity contribution in [2.24, 2.45) is 5.92 Å². The summed E-state index contributed by atoms with van der Waals surface area (Å²) < 4.78 is 33.4. The lowest BCUT2D eigenvalue weighted by Gasteiger charge is -2.30. The van der Waals surface area contributed by atoms with Gasteiger partial charge in [-0.25, -0.2) is 13.4 Å². The number of thiazole rings is 1. The Morgan fingerprint density at radius 3 is 2.93 bits per heavy atom. The number of hydrogen-bond acceptors (Lipinski definition) is 8. The Morgan fingerprint density at radius 2 is 2.20 bits per heavy atom. The molecule has 1 atom stereocenters. The van der Waals surface area contributed by atoms with E-state index in [1.165, 1.54) is 27.0 Å². The van der Waals surface area contributed by atoms with Gasteiger partial charge < -0.3 is 9.84 Å². The second kappa shape index (κ2) is 8.80. The molecule has 3 aromatic heterocycles. The smallest absolute Gasteiger partial charge is 0.248 e. The zero-order chi connectivity index (χ0) is 21.1. The average molecular weight is 465 g/mol. The Kier molecular flexibility index (Phi) is 6.14. The molecule has 158 valence electrons. The van der Waals surface area contributed by atoms with Crippen molar-refractivity contribution in [1.29, 1.82) is 0 Å². The minimum Gasteiger partial charge on any atom is -0.355 e. The van der Waals surface area contributed by atoms with Crippen molar-refractivity contribution in [3.05, 3.63) is 45.4 Å². The van der Waals surface area contributed by atoms with Crippen LogP contribution in [0, 0.1) is 12.8 Å². The highest BCUT2D eigenvalue weighted by molar-refractivity contribution is 7.89. The van der Waals surface area contributed by atoms with Crippen LogP contribution in [0.25, 0.3) is 12.2 Å². The van der Waals surface area contributed by atoms with Crippen molar-refractivity contribution in [3.63, 3.8) is 0 Å². The number of thiophene rings is 1. The van der Waals surface area contributed by atoms with Crippen LogP contribution in [0.5, 0.6) is 0 Å². The van der Waals surface area contributed by atoms with Crippen molar-refractivity contribution >= 4 is 55.9 Å².